The SMILES string of the molecule is O=C(Nc1cc2ccc(-c3cc(F)ccc3Cl)cc2cn1)C1CC1. The number of anilines is 1. The van der Waals surface area contributed by atoms with Crippen LogP contribution in [0.3, 0.4) is 0 Å². The minimum Gasteiger partial charge on any atom is -0.310 e. The van der Waals surface area contributed by atoms with Gasteiger partial charge >= 0.3 is 0 Å². The van der Waals surface area contributed by atoms with E-state index in [1.807, 2.05) is 24.3 Å². The number of fused-ring (bicyclic) bond motifs is 1. The fraction of sp³-hybridized carbons (Fsp3) is 0.158. The molecular weight excluding hydrogens is 327 g/mol. The molecule has 0 bridgehead atoms. The molecule has 3 nitrogen and oxygen atoms in total. The molecule has 0 radical (unpaired) electrons. The Balaban J connectivity index is 1.68. The maximum atomic E-state index is 13.5. The monoisotopic (exact) mass is 340 g/mol. The van der Waals surface area contributed by atoms with Crippen molar-refractivity contribution in [2.24, 2.45) is 5.92 Å². The molecule has 1 amide bonds. The van der Waals surface area contributed by atoms with E-state index in [0.29, 0.717) is 16.4 Å². The van der Waals surface area contributed by atoms with Crippen LogP contribution in [-0.2, 0) is 4.79 Å². The van der Waals surface area contributed by atoms with E-state index < -0.39 is 0 Å². The fourth-order valence-electron chi connectivity index (χ4n) is 2.67. The van der Waals surface area contributed by atoms with Crippen molar-refractivity contribution in [2.75, 3.05) is 5.32 Å². The minimum atomic E-state index is -0.328. The lowest BCUT2D eigenvalue weighted by atomic mass is 10.0. The van der Waals surface area contributed by atoms with E-state index in [1.54, 1.807) is 12.3 Å². The van der Waals surface area contributed by atoms with Crippen molar-refractivity contribution in [3.8, 4) is 11.1 Å². The summed E-state index contributed by atoms with van der Waals surface area (Å²) < 4.78 is 13.5. The smallest absolute Gasteiger partial charge is 0.228 e. The van der Waals surface area contributed by atoms with Crippen LogP contribution in [0.25, 0.3) is 21.9 Å². The summed E-state index contributed by atoms with van der Waals surface area (Å²) in [7, 11) is 0. The van der Waals surface area contributed by atoms with Crippen LogP contribution in [-0.4, -0.2) is 10.9 Å². The third kappa shape index (κ3) is 2.97. The molecule has 24 heavy (non-hydrogen) atoms. The Labute approximate surface area is 143 Å². The largest absolute Gasteiger partial charge is 0.310 e. The molecule has 1 aliphatic carbocycles. The second kappa shape index (κ2) is 5.87. The molecule has 1 heterocycles. The number of halogens is 2. The lowest BCUT2D eigenvalue weighted by Gasteiger charge is -2.08. The van der Waals surface area contributed by atoms with Gasteiger partial charge in [-0.15, -0.1) is 0 Å². The highest BCUT2D eigenvalue weighted by Gasteiger charge is 2.29. The Kier molecular flexibility index (Phi) is 3.69. The molecule has 4 rings (SSSR count). The Morgan fingerprint density at radius 3 is 2.75 bits per heavy atom. The molecule has 0 saturated heterocycles. The summed E-state index contributed by atoms with van der Waals surface area (Å²) in [5, 5.41) is 5.19. The molecule has 0 spiro atoms. The van der Waals surface area contributed by atoms with Gasteiger partial charge in [0.25, 0.3) is 0 Å². The van der Waals surface area contributed by atoms with Crippen molar-refractivity contribution in [1.82, 2.24) is 4.98 Å². The van der Waals surface area contributed by atoms with Gasteiger partial charge in [-0.2, -0.15) is 0 Å². The van der Waals surface area contributed by atoms with Crippen LogP contribution in [0.1, 0.15) is 12.8 Å². The van der Waals surface area contributed by atoms with Gasteiger partial charge < -0.3 is 5.32 Å². The highest BCUT2D eigenvalue weighted by atomic mass is 35.5. The van der Waals surface area contributed by atoms with Gasteiger partial charge in [0.05, 0.1) is 0 Å². The molecule has 1 saturated carbocycles. The number of benzene rings is 2. The van der Waals surface area contributed by atoms with Gasteiger partial charge in [-0.1, -0.05) is 23.7 Å². The van der Waals surface area contributed by atoms with E-state index >= 15 is 0 Å². The second-order valence-corrected chi connectivity index (χ2v) is 6.43. The van der Waals surface area contributed by atoms with E-state index in [2.05, 4.69) is 10.3 Å². The van der Waals surface area contributed by atoms with E-state index in [0.717, 1.165) is 29.2 Å². The summed E-state index contributed by atoms with van der Waals surface area (Å²) in [5.41, 5.74) is 1.47. The molecule has 2 aromatic carbocycles. The summed E-state index contributed by atoms with van der Waals surface area (Å²) in [6.07, 6.45) is 3.61. The van der Waals surface area contributed by atoms with Crippen molar-refractivity contribution < 1.29 is 9.18 Å². The number of amides is 1. The van der Waals surface area contributed by atoms with Crippen LogP contribution < -0.4 is 5.32 Å². The van der Waals surface area contributed by atoms with Crippen LogP contribution in [0.5, 0.6) is 0 Å². The van der Waals surface area contributed by atoms with Crippen molar-refractivity contribution in [2.45, 2.75) is 12.8 Å². The van der Waals surface area contributed by atoms with Gasteiger partial charge in [0, 0.05) is 28.1 Å². The minimum absolute atomic E-state index is 0.0324. The number of nitrogens with one attached hydrogen (secondary N) is 1. The summed E-state index contributed by atoms with van der Waals surface area (Å²) in [4.78, 5) is 16.1. The number of hydrogen-bond acceptors (Lipinski definition) is 2. The van der Waals surface area contributed by atoms with Gasteiger partial charge in [0.1, 0.15) is 11.6 Å². The number of rotatable bonds is 3. The first-order chi connectivity index (χ1) is 11.6. The third-order valence-electron chi connectivity index (χ3n) is 4.16. The molecule has 1 N–H and O–H groups in total. The zero-order valence-corrected chi connectivity index (χ0v) is 13.5. The lowest BCUT2D eigenvalue weighted by Crippen LogP contribution is -2.14. The highest BCUT2D eigenvalue weighted by molar-refractivity contribution is 6.33. The van der Waals surface area contributed by atoms with Crippen LogP contribution in [0.2, 0.25) is 5.02 Å². The van der Waals surface area contributed by atoms with Crippen molar-refractivity contribution in [3.05, 3.63) is 59.5 Å². The highest BCUT2D eigenvalue weighted by Crippen LogP contribution is 2.32. The van der Waals surface area contributed by atoms with E-state index in [4.69, 9.17) is 11.6 Å². The zero-order valence-electron chi connectivity index (χ0n) is 12.7. The predicted octanol–water partition coefficient (Wildman–Crippen LogP) is 5.04. The number of carbonyl (C=O) groups excluding carboxylic acids is 1. The quantitative estimate of drug-likeness (QED) is 0.725. The zero-order chi connectivity index (χ0) is 16.7. The summed E-state index contributed by atoms with van der Waals surface area (Å²) >= 11 is 6.17. The molecule has 3 aromatic rings. The summed E-state index contributed by atoms with van der Waals surface area (Å²) in [5.74, 6) is 0.395. The topological polar surface area (TPSA) is 42.0 Å². The van der Waals surface area contributed by atoms with Gasteiger partial charge in [0.15, 0.2) is 0 Å². The van der Waals surface area contributed by atoms with Crippen LogP contribution in [0.4, 0.5) is 10.2 Å². The molecule has 0 atom stereocenters. The average molecular weight is 341 g/mol. The van der Waals surface area contributed by atoms with E-state index in [-0.39, 0.29) is 17.6 Å². The number of hydrogen-bond donors (Lipinski definition) is 1. The Morgan fingerprint density at radius 1 is 1.12 bits per heavy atom. The van der Waals surface area contributed by atoms with Crippen LogP contribution >= 0.6 is 11.6 Å². The molecule has 0 unspecified atom stereocenters. The molecule has 120 valence electrons. The average Bonchev–Trinajstić information content (AvgIpc) is 3.42. The molecule has 1 fully saturated rings. The maximum absolute atomic E-state index is 13.5. The molecule has 5 heteroatoms. The van der Waals surface area contributed by atoms with Gasteiger partial charge in [-0.05, 0) is 54.1 Å². The van der Waals surface area contributed by atoms with Gasteiger partial charge in [-0.3, -0.25) is 4.79 Å². The number of carbonyl (C=O) groups is 1. The summed E-state index contributed by atoms with van der Waals surface area (Å²) in [6, 6.07) is 11.9. The first-order valence-electron chi connectivity index (χ1n) is 7.76. The fourth-order valence-corrected chi connectivity index (χ4v) is 2.90. The Hall–Kier alpha value is -2.46. The molecule has 1 aromatic heterocycles. The van der Waals surface area contributed by atoms with Crippen molar-refractivity contribution >= 4 is 34.1 Å². The first-order valence-corrected chi connectivity index (χ1v) is 8.14. The lowest BCUT2D eigenvalue weighted by molar-refractivity contribution is -0.117. The standard InChI is InChI=1S/C19H14ClFN2O/c20-17-6-5-15(21)9-16(17)13-4-3-12-8-18(22-10-14(12)7-13)23-19(24)11-1-2-11/h3-11H,1-2H2,(H,22,23,24). The summed E-state index contributed by atoms with van der Waals surface area (Å²) in [6.45, 7) is 0. The first kappa shape index (κ1) is 15.1. The normalized spacial score (nSPS) is 13.9. The number of pyridine rings is 1. The number of aromatic nitrogens is 1. The Bertz CT molecular complexity index is 953. The van der Waals surface area contributed by atoms with Crippen LogP contribution in [0.15, 0.2) is 48.7 Å². The number of nitrogens with zero attached hydrogens (tertiary/aromatic N) is 1. The van der Waals surface area contributed by atoms with Crippen molar-refractivity contribution in [3.63, 3.8) is 0 Å². The van der Waals surface area contributed by atoms with Crippen molar-refractivity contribution in [1.29, 1.82) is 0 Å². The predicted molar refractivity (Wildman–Crippen MR) is 93.5 cm³/mol. The third-order valence-corrected chi connectivity index (χ3v) is 4.49. The van der Waals surface area contributed by atoms with Gasteiger partial charge in [0.2, 0.25) is 5.91 Å². The molecule has 0 aliphatic heterocycles. The maximum Gasteiger partial charge on any atom is 0.228 e. The second-order valence-electron chi connectivity index (χ2n) is 6.02. The van der Waals surface area contributed by atoms with Gasteiger partial charge in [-0.25, -0.2) is 9.37 Å². The molecule has 1 aliphatic rings. The van der Waals surface area contributed by atoms with E-state index in [1.165, 1.54) is 12.1 Å². The van der Waals surface area contributed by atoms with Crippen LogP contribution in [0, 0.1) is 11.7 Å². The van der Waals surface area contributed by atoms with E-state index in [9.17, 15) is 9.18 Å². The Morgan fingerprint density at radius 2 is 1.96 bits per heavy atom. The molecular formula is C19H14ClFN2O.